The first-order chi connectivity index (χ1) is 3.66. The second kappa shape index (κ2) is 2.95. The Morgan fingerprint density at radius 2 is 2.12 bits per heavy atom. The molecule has 3 N–H and O–H groups in total. The number of carbonyl (C=O) groups is 2. The van der Waals surface area contributed by atoms with Gasteiger partial charge >= 0.3 is 6.03 Å². The maximum Gasteiger partial charge on any atom is 0.318 e. The second-order valence-corrected chi connectivity index (χ2v) is 1.05. The van der Waals surface area contributed by atoms with Gasteiger partial charge < -0.3 is 5.73 Å². The van der Waals surface area contributed by atoms with E-state index < -0.39 is 18.6 Å². The number of halogens is 1. The Morgan fingerprint density at radius 3 is 2.25 bits per heavy atom. The van der Waals surface area contributed by atoms with Crippen LogP contribution in [0.4, 0.5) is 9.18 Å². The summed E-state index contributed by atoms with van der Waals surface area (Å²) >= 11 is 0. The molecule has 0 aromatic carbocycles. The van der Waals surface area contributed by atoms with Gasteiger partial charge in [-0.15, -0.1) is 0 Å². The normalized spacial score (nSPS) is 8.12. The van der Waals surface area contributed by atoms with Crippen LogP contribution in [0.5, 0.6) is 0 Å². The summed E-state index contributed by atoms with van der Waals surface area (Å²) in [7, 11) is 0. The van der Waals surface area contributed by atoms with E-state index in [1.165, 1.54) is 5.32 Å². The molecule has 0 aromatic heterocycles. The summed E-state index contributed by atoms with van der Waals surface area (Å²) < 4.78 is 11.1. The Kier molecular flexibility index (Phi) is 2.53. The summed E-state index contributed by atoms with van der Waals surface area (Å²) in [6, 6.07) is -1.03. The molecule has 0 saturated heterocycles. The van der Waals surface area contributed by atoms with Crippen LogP contribution in [0.2, 0.25) is 0 Å². The third-order valence-corrected chi connectivity index (χ3v) is 0.384. The summed E-state index contributed by atoms with van der Waals surface area (Å²) in [6.45, 7) is -1.22. The molecule has 0 spiro atoms. The van der Waals surface area contributed by atoms with Gasteiger partial charge in [-0.05, 0) is 0 Å². The van der Waals surface area contributed by atoms with Crippen molar-refractivity contribution in [3.8, 4) is 0 Å². The highest BCUT2D eigenvalue weighted by molar-refractivity contribution is 5.93. The first-order valence-corrected chi connectivity index (χ1v) is 1.82. The zero-order valence-corrected chi connectivity index (χ0v) is 3.98. The maximum atomic E-state index is 11.1. The van der Waals surface area contributed by atoms with Gasteiger partial charge in [0.1, 0.15) is 0 Å². The van der Waals surface area contributed by atoms with Crippen LogP contribution in [0.25, 0.3) is 0 Å². The molecule has 0 saturated carbocycles. The molecule has 0 bridgehead atoms. The molecule has 0 fully saturated rings. The molecule has 5 heteroatoms. The lowest BCUT2D eigenvalue weighted by Gasteiger charge is -1.90. The van der Waals surface area contributed by atoms with Crippen LogP contribution in [-0.4, -0.2) is 18.6 Å². The fourth-order valence-electron chi connectivity index (χ4n) is 0.171. The molecule has 0 aliphatic heterocycles. The maximum absolute atomic E-state index is 11.1. The zero-order chi connectivity index (χ0) is 6.57. The van der Waals surface area contributed by atoms with Gasteiger partial charge in [-0.3, -0.25) is 10.1 Å². The summed E-state index contributed by atoms with van der Waals surface area (Å²) in [6.07, 6.45) is 0. The van der Waals surface area contributed by atoms with E-state index >= 15 is 0 Å². The molecule has 46 valence electrons. The number of hydrogen-bond acceptors (Lipinski definition) is 2. The third kappa shape index (κ3) is 3.08. The fraction of sp³-hybridized carbons (Fsp3) is 0.333. The van der Waals surface area contributed by atoms with Crippen molar-refractivity contribution in [1.82, 2.24) is 5.32 Å². The number of imide groups is 1. The van der Waals surface area contributed by atoms with Gasteiger partial charge in [-0.1, -0.05) is 0 Å². The minimum atomic E-state index is -1.22. The monoisotopic (exact) mass is 120 g/mol. The number of rotatable bonds is 1. The van der Waals surface area contributed by atoms with Gasteiger partial charge in [-0.25, -0.2) is 9.18 Å². The quantitative estimate of drug-likeness (QED) is 0.473. The second-order valence-electron chi connectivity index (χ2n) is 1.05. The molecule has 0 aromatic rings. The van der Waals surface area contributed by atoms with E-state index in [0.717, 1.165) is 0 Å². The zero-order valence-electron chi connectivity index (χ0n) is 3.98. The molecule has 0 unspecified atom stereocenters. The SMILES string of the molecule is NC(=O)NC(=O)CF. The van der Waals surface area contributed by atoms with E-state index in [1.807, 2.05) is 0 Å². The Bertz CT molecular complexity index is 114. The van der Waals surface area contributed by atoms with Crippen molar-refractivity contribution in [3.05, 3.63) is 0 Å². The van der Waals surface area contributed by atoms with Crippen molar-refractivity contribution >= 4 is 11.9 Å². The number of alkyl halides is 1. The van der Waals surface area contributed by atoms with Gasteiger partial charge in [0.2, 0.25) is 0 Å². The Hall–Kier alpha value is -1.13. The van der Waals surface area contributed by atoms with Gasteiger partial charge in [0.15, 0.2) is 6.67 Å². The molecule has 0 heterocycles. The molecular formula is C3H5FN2O2. The number of amides is 3. The van der Waals surface area contributed by atoms with Crippen LogP contribution in [0.15, 0.2) is 0 Å². The smallest absolute Gasteiger partial charge is 0.318 e. The van der Waals surface area contributed by atoms with E-state index in [-0.39, 0.29) is 0 Å². The van der Waals surface area contributed by atoms with Crippen LogP contribution < -0.4 is 11.1 Å². The molecule has 3 amide bonds. The highest BCUT2D eigenvalue weighted by Crippen LogP contribution is 1.65. The Labute approximate surface area is 44.8 Å². The van der Waals surface area contributed by atoms with E-state index in [0.29, 0.717) is 0 Å². The van der Waals surface area contributed by atoms with E-state index in [9.17, 15) is 14.0 Å². The van der Waals surface area contributed by atoms with Crippen LogP contribution in [-0.2, 0) is 4.79 Å². The largest absolute Gasteiger partial charge is 0.351 e. The fourth-order valence-corrected chi connectivity index (χ4v) is 0.171. The van der Waals surface area contributed by atoms with Gasteiger partial charge in [0.25, 0.3) is 5.91 Å². The van der Waals surface area contributed by atoms with Crippen LogP contribution in [0, 0.1) is 0 Å². The van der Waals surface area contributed by atoms with E-state index in [2.05, 4.69) is 5.73 Å². The topological polar surface area (TPSA) is 72.2 Å². The van der Waals surface area contributed by atoms with Crippen LogP contribution in [0.3, 0.4) is 0 Å². The minimum absolute atomic E-state index is 1.02. The average Bonchev–Trinajstić information content (AvgIpc) is 1.65. The molecule has 0 rings (SSSR count). The molecule has 0 aliphatic carbocycles. The Balaban J connectivity index is 3.40. The van der Waals surface area contributed by atoms with Gasteiger partial charge in [0.05, 0.1) is 0 Å². The van der Waals surface area contributed by atoms with Crippen LogP contribution >= 0.6 is 0 Å². The first-order valence-electron chi connectivity index (χ1n) is 1.82. The van der Waals surface area contributed by atoms with E-state index in [4.69, 9.17) is 0 Å². The number of nitrogens with two attached hydrogens (primary N) is 1. The predicted octanol–water partition coefficient (Wildman–Crippen LogP) is -0.849. The first kappa shape index (κ1) is 6.87. The lowest BCUT2D eigenvalue weighted by Crippen LogP contribution is -2.35. The highest BCUT2D eigenvalue weighted by Gasteiger charge is 1.99. The number of urea groups is 1. The Morgan fingerprint density at radius 1 is 1.62 bits per heavy atom. The predicted molar refractivity (Wildman–Crippen MR) is 23.7 cm³/mol. The molecule has 0 atom stereocenters. The molecule has 8 heavy (non-hydrogen) atoms. The molecular weight excluding hydrogens is 115 g/mol. The van der Waals surface area contributed by atoms with Gasteiger partial charge in [0, 0.05) is 0 Å². The summed E-state index contributed by atoms with van der Waals surface area (Å²) in [5, 5.41) is 1.52. The van der Waals surface area contributed by atoms with Crippen molar-refractivity contribution in [2.75, 3.05) is 6.67 Å². The van der Waals surface area contributed by atoms with Crippen molar-refractivity contribution in [3.63, 3.8) is 0 Å². The van der Waals surface area contributed by atoms with Crippen molar-refractivity contribution in [1.29, 1.82) is 0 Å². The number of hydrogen-bond donors (Lipinski definition) is 2. The van der Waals surface area contributed by atoms with E-state index in [1.54, 1.807) is 0 Å². The number of carbonyl (C=O) groups excluding carboxylic acids is 2. The minimum Gasteiger partial charge on any atom is -0.351 e. The molecule has 0 aliphatic rings. The summed E-state index contributed by atoms with van der Waals surface area (Å²) in [5.41, 5.74) is 4.43. The summed E-state index contributed by atoms with van der Waals surface area (Å²) in [5.74, 6) is -1.02. The lowest BCUT2D eigenvalue weighted by atomic mass is 10.7. The van der Waals surface area contributed by atoms with Crippen molar-refractivity contribution < 1.29 is 14.0 Å². The van der Waals surface area contributed by atoms with Gasteiger partial charge in [-0.2, -0.15) is 0 Å². The number of nitrogens with one attached hydrogen (secondary N) is 1. The average molecular weight is 120 g/mol. The summed E-state index contributed by atoms with van der Waals surface area (Å²) in [4.78, 5) is 19.5. The third-order valence-electron chi connectivity index (χ3n) is 0.384. The van der Waals surface area contributed by atoms with Crippen molar-refractivity contribution in [2.45, 2.75) is 0 Å². The molecule has 4 nitrogen and oxygen atoms in total. The molecule has 0 radical (unpaired) electrons. The number of primary amides is 1. The highest BCUT2D eigenvalue weighted by atomic mass is 19.1. The van der Waals surface area contributed by atoms with Crippen molar-refractivity contribution in [2.24, 2.45) is 5.73 Å². The van der Waals surface area contributed by atoms with Crippen LogP contribution in [0.1, 0.15) is 0 Å². The lowest BCUT2D eigenvalue weighted by molar-refractivity contribution is -0.120. The standard InChI is InChI=1S/C3H5FN2O2/c4-1-2(7)6-3(5)8/h1H2,(H3,5,6,7,8).